The van der Waals surface area contributed by atoms with Gasteiger partial charge in [-0.3, -0.25) is 14.5 Å². The SMILES string of the molecule is O=C1c2ccccc2C(=O)N1Cc1cccc(I)c1. The van der Waals surface area contributed by atoms with Crippen molar-refractivity contribution >= 4 is 34.4 Å². The second kappa shape index (κ2) is 4.77. The highest BCUT2D eigenvalue weighted by Gasteiger charge is 2.34. The van der Waals surface area contributed by atoms with Crippen molar-refractivity contribution in [1.29, 1.82) is 0 Å². The Morgan fingerprint density at radius 2 is 1.53 bits per heavy atom. The van der Waals surface area contributed by atoms with Gasteiger partial charge in [0.25, 0.3) is 11.8 Å². The first-order valence-electron chi connectivity index (χ1n) is 5.86. The van der Waals surface area contributed by atoms with E-state index in [1.54, 1.807) is 24.3 Å². The molecule has 3 rings (SSSR count). The lowest BCUT2D eigenvalue weighted by Gasteiger charge is -2.13. The van der Waals surface area contributed by atoms with Crippen molar-refractivity contribution in [3.8, 4) is 0 Å². The van der Waals surface area contributed by atoms with Crippen LogP contribution in [-0.2, 0) is 6.54 Å². The van der Waals surface area contributed by atoms with Gasteiger partial charge in [-0.1, -0.05) is 24.3 Å². The molecule has 1 aliphatic rings. The van der Waals surface area contributed by atoms with E-state index in [1.165, 1.54) is 4.90 Å². The predicted molar refractivity (Wildman–Crippen MR) is 79.8 cm³/mol. The van der Waals surface area contributed by atoms with Crippen LogP contribution >= 0.6 is 22.6 Å². The summed E-state index contributed by atoms with van der Waals surface area (Å²) in [6.45, 7) is 0.323. The maximum atomic E-state index is 12.2. The van der Waals surface area contributed by atoms with Crippen LogP contribution in [0.5, 0.6) is 0 Å². The molecule has 0 unspecified atom stereocenters. The average molecular weight is 363 g/mol. The van der Waals surface area contributed by atoms with Crippen LogP contribution in [0.2, 0.25) is 0 Å². The number of nitrogens with zero attached hydrogens (tertiary/aromatic N) is 1. The minimum Gasteiger partial charge on any atom is -0.270 e. The van der Waals surface area contributed by atoms with Crippen LogP contribution in [0.1, 0.15) is 26.3 Å². The number of rotatable bonds is 2. The Morgan fingerprint density at radius 3 is 2.11 bits per heavy atom. The normalized spacial score (nSPS) is 13.8. The van der Waals surface area contributed by atoms with Crippen molar-refractivity contribution in [2.45, 2.75) is 6.54 Å². The summed E-state index contributed by atoms with van der Waals surface area (Å²) >= 11 is 2.21. The molecule has 3 nitrogen and oxygen atoms in total. The Kier molecular flexibility index (Phi) is 3.10. The fraction of sp³-hybridized carbons (Fsp3) is 0.0667. The number of halogens is 1. The first-order chi connectivity index (χ1) is 9.16. The number of benzene rings is 2. The largest absolute Gasteiger partial charge is 0.270 e. The molecule has 1 heterocycles. The summed E-state index contributed by atoms with van der Waals surface area (Å²) in [6.07, 6.45) is 0. The molecule has 4 heteroatoms. The van der Waals surface area contributed by atoms with E-state index in [2.05, 4.69) is 22.6 Å². The van der Waals surface area contributed by atoms with Gasteiger partial charge in [0.2, 0.25) is 0 Å². The molecule has 0 saturated carbocycles. The molecule has 0 radical (unpaired) electrons. The van der Waals surface area contributed by atoms with E-state index >= 15 is 0 Å². The summed E-state index contributed by atoms with van der Waals surface area (Å²) in [5.41, 5.74) is 1.96. The Hall–Kier alpha value is -1.69. The number of imide groups is 1. The summed E-state index contributed by atoms with van der Waals surface area (Å²) in [7, 11) is 0. The van der Waals surface area contributed by atoms with E-state index in [-0.39, 0.29) is 11.8 Å². The third kappa shape index (κ3) is 2.16. The molecule has 94 valence electrons. The van der Waals surface area contributed by atoms with Crippen LogP contribution in [0.4, 0.5) is 0 Å². The van der Waals surface area contributed by atoms with Gasteiger partial charge in [-0.25, -0.2) is 0 Å². The van der Waals surface area contributed by atoms with Gasteiger partial charge in [0.05, 0.1) is 17.7 Å². The molecule has 0 aliphatic carbocycles. The second-order valence-corrected chi connectivity index (χ2v) is 5.62. The zero-order chi connectivity index (χ0) is 13.4. The van der Waals surface area contributed by atoms with E-state index in [0.717, 1.165) is 9.13 Å². The van der Waals surface area contributed by atoms with Crippen LogP contribution in [0.15, 0.2) is 48.5 Å². The topological polar surface area (TPSA) is 37.4 Å². The van der Waals surface area contributed by atoms with Crippen molar-refractivity contribution in [2.75, 3.05) is 0 Å². The van der Waals surface area contributed by atoms with Crippen molar-refractivity contribution in [3.63, 3.8) is 0 Å². The Labute approximate surface area is 124 Å². The lowest BCUT2D eigenvalue weighted by atomic mass is 10.1. The highest BCUT2D eigenvalue weighted by atomic mass is 127. The maximum Gasteiger partial charge on any atom is 0.261 e. The van der Waals surface area contributed by atoms with Gasteiger partial charge in [0.1, 0.15) is 0 Å². The number of fused-ring (bicyclic) bond motifs is 1. The molecule has 0 bridgehead atoms. The molecule has 0 aromatic heterocycles. The van der Waals surface area contributed by atoms with Crippen LogP contribution in [0.25, 0.3) is 0 Å². The van der Waals surface area contributed by atoms with Crippen molar-refractivity contribution < 1.29 is 9.59 Å². The zero-order valence-electron chi connectivity index (χ0n) is 9.97. The monoisotopic (exact) mass is 363 g/mol. The predicted octanol–water partition coefficient (Wildman–Crippen LogP) is 3.09. The number of carbonyl (C=O) groups is 2. The first kappa shape index (κ1) is 12.3. The maximum absolute atomic E-state index is 12.2. The van der Waals surface area contributed by atoms with Gasteiger partial charge < -0.3 is 0 Å². The lowest BCUT2D eigenvalue weighted by Crippen LogP contribution is -2.29. The Morgan fingerprint density at radius 1 is 0.895 bits per heavy atom. The molecular weight excluding hydrogens is 353 g/mol. The second-order valence-electron chi connectivity index (χ2n) is 4.37. The molecule has 2 amide bonds. The molecule has 0 atom stereocenters. The number of carbonyl (C=O) groups excluding carboxylic acids is 2. The smallest absolute Gasteiger partial charge is 0.261 e. The van der Waals surface area contributed by atoms with Crippen molar-refractivity contribution in [2.24, 2.45) is 0 Å². The summed E-state index contributed by atoms with van der Waals surface area (Å²) in [5, 5.41) is 0. The van der Waals surface area contributed by atoms with Crippen LogP contribution < -0.4 is 0 Å². The van der Waals surface area contributed by atoms with E-state index < -0.39 is 0 Å². The van der Waals surface area contributed by atoms with Gasteiger partial charge in [-0.2, -0.15) is 0 Å². The molecule has 1 aliphatic heterocycles. The van der Waals surface area contributed by atoms with Gasteiger partial charge in [-0.05, 0) is 52.4 Å². The average Bonchev–Trinajstić information content (AvgIpc) is 2.65. The molecule has 0 saturated heterocycles. The standard InChI is InChI=1S/C15H10INO2/c16-11-5-3-4-10(8-11)9-17-14(18)12-6-1-2-7-13(12)15(17)19/h1-8H,9H2. The van der Waals surface area contributed by atoms with Crippen LogP contribution in [0, 0.1) is 3.57 Å². The first-order valence-corrected chi connectivity index (χ1v) is 6.94. The molecule has 2 aromatic rings. The summed E-state index contributed by atoms with van der Waals surface area (Å²) < 4.78 is 1.09. The molecule has 0 spiro atoms. The van der Waals surface area contributed by atoms with Crippen LogP contribution in [0.3, 0.4) is 0 Å². The summed E-state index contributed by atoms with van der Waals surface area (Å²) in [4.78, 5) is 25.7. The quantitative estimate of drug-likeness (QED) is 0.608. The minimum absolute atomic E-state index is 0.209. The van der Waals surface area contributed by atoms with Crippen LogP contribution in [-0.4, -0.2) is 16.7 Å². The summed E-state index contributed by atoms with van der Waals surface area (Å²) in [6, 6.07) is 14.8. The third-order valence-electron chi connectivity index (χ3n) is 3.11. The summed E-state index contributed by atoms with van der Waals surface area (Å²) in [5.74, 6) is -0.418. The molecule has 2 aromatic carbocycles. The fourth-order valence-corrected chi connectivity index (χ4v) is 2.81. The molecular formula is C15H10INO2. The van der Waals surface area contributed by atoms with E-state index in [1.807, 2.05) is 24.3 Å². The number of hydrogen-bond donors (Lipinski definition) is 0. The van der Waals surface area contributed by atoms with Gasteiger partial charge in [-0.15, -0.1) is 0 Å². The van der Waals surface area contributed by atoms with Crippen molar-refractivity contribution in [3.05, 3.63) is 68.8 Å². The molecule has 0 N–H and O–H groups in total. The highest BCUT2D eigenvalue weighted by molar-refractivity contribution is 14.1. The lowest BCUT2D eigenvalue weighted by molar-refractivity contribution is 0.0642. The highest BCUT2D eigenvalue weighted by Crippen LogP contribution is 2.24. The van der Waals surface area contributed by atoms with Gasteiger partial charge in [0.15, 0.2) is 0 Å². The number of hydrogen-bond acceptors (Lipinski definition) is 2. The molecule has 19 heavy (non-hydrogen) atoms. The Balaban J connectivity index is 1.92. The fourth-order valence-electron chi connectivity index (χ4n) is 2.20. The minimum atomic E-state index is -0.209. The van der Waals surface area contributed by atoms with Gasteiger partial charge >= 0.3 is 0 Å². The van der Waals surface area contributed by atoms with E-state index in [0.29, 0.717) is 17.7 Å². The zero-order valence-corrected chi connectivity index (χ0v) is 12.1. The van der Waals surface area contributed by atoms with Gasteiger partial charge in [0, 0.05) is 3.57 Å². The molecule has 0 fully saturated rings. The van der Waals surface area contributed by atoms with E-state index in [4.69, 9.17) is 0 Å². The third-order valence-corrected chi connectivity index (χ3v) is 3.78. The number of amides is 2. The Bertz CT molecular complexity index is 646. The van der Waals surface area contributed by atoms with E-state index in [9.17, 15) is 9.59 Å². The van der Waals surface area contributed by atoms with Crippen molar-refractivity contribution in [1.82, 2.24) is 4.90 Å².